The third-order valence-electron chi connectivity index (χ3n) is 3.54. The molecule has 0 saturated heterocycles. The molecule has 0 fully saturated rings. The van der Waals surface area contributed by atoms with Gasteiger partial charge in [-0.3, -0.25) is 14.3 Å². The third kappa shape index (κ3) is 3.44. The molecule has 0 saturated carbocycles. The van der Waals surface area contributed by atoms with Crippen molar-refractivity contribution in [3.63, 3.8) is 0 Å². The molecule has 22 heavy (non-hydrogen) atoms. The molecule has 1 N–H and O–H groups in total. The fourth-order valence-electron chi connectivity index (χ4n) is 2.45. The fourth-order valence-corrected chi connectivity index (χ4v) is 3.27. The quantitative estimate of drug-likeness (QED) is 0.833. The van der Waals surface area contributed by atoms with E-state index in [0.29, 0.717) is 4.88 Å². The van der Waals surface area contributed by atoms with Crippen molar-refractivity contribution in [2.24, 2.45) is 7.05 Å². The highest BCUT2D eigenvalue weighted by molar-refractivity contribution is 7.12. The molecule has 0 unspecified atom stereocenters. The number of nitrogens with zero attached hydrogens (tertiary/aromatic N) is 2. The first-order valence-electron chi connectivity index (χ1n) is 7.39. The van der Waals surface area contributed by atoms with Crippen LogP contribution in [-0.4, -0.2) is 21.5 Å². The predicted molar refractivity (Wildman–Crippen MR) is 88.6 cm³/mol. The van der Waals surface area contributed by atoms with Crippen LogP contribution in [0.15, 0.2) is 11.4 Å². The molecule has 0 aliphatic heterocycles. The molecule has 0 aliphatic rings. The van der Waals surface area contributed by atoms with E-state index in [-0.39, 0.29) is 18.1 Å². The predicted octanol–water partition coefficient (Wildman–Crippen LogP) is 2.99. The molecule has 0 bridgehead atoms. The number of Topliss-reactive ketones (excluding diaryl/α,β-unsaturated/α-hetero) is 1. The molecule has 2 heterocycles. The summed E-state index contributed by atoms with van der Waals surface area (Å²) in [7, 11) is 1.84. The summed E-state index contributed by atoms with van der Waals surface area (Å²) in [6.07, 6.45) is 1.94. The molecule has 1 amide bonds. The Bertz CT molecular complexity index is 700. The molecule has 0 aliphatic carbocycles. The van der Waals surface area contributed by atoms with Gasteiger partial charge in [-0.25, -0.2) is 0 Å². The summed E-state index contributed by atoms with van der Waals surface area (Å²) >= 11 is 1.38. The number of aromatic nitrogens is 2. The largest absolute Gasteiger partial charge is 0.310 e. The van der Waals surface area contributed by atoms with E-state index in [4.69, 9.17) is 0 Å². The first-order valence-corrected chi connectivity index (χ1v) is 8.27. The van der Waals surface area contributed by atoms with Gasteiger partial charge in [-0.05, 0) is 36.8 Å². The number of carbonyl (C=O) groups is 2. The molecule has 0 atom stereocenters. The van der Waals surface area contributed by atoms with Crippen LogP contribution in [0.5, 0.6) is 0 Å². The highest BCUT2D eigenvalue weighted by Gasteiger charge is 2.16. The average molecular weight is 319 g/mol. The van der Waals surface area contributed by atoms with Crippen LogP contribution in [0, 0.1) is 0 Å². The number of carbonyl (C=O) groups excluding carboxylic acids is 2. The summed E-state index contributed by atoms with van der Waals surface area (Å²) in [4.78, 5) is 24.2. The minimum atomic E-state index is -0.0896. The second-order valence-electron chi connectivity index (χ2n) is 5.20. The summed E-state index contributed by atoms with van der Waals surface area (Å²) in [6.45, 7) is 5.65. The fraction of sp³-hybridized carbons (Fsp3) is 0.438. The second-order valence-corrected chi connectivity index (χ2v) is 6.12. The maximum absolute atomic E-state index is 12.2. The normalized spacial score (nSPS) is 10.7. The molecule has 2 aromatic heterocycles. The van der Waals surface area contributed by atoms with Crippen LogP contribution in [0.25, 0.3) is 0 Å². The average Bonchev–Trinajstić information content (AvgIpc) is 3.04. The van der Waals surface area contributed by atoms with Gasteiger partial charge in [0.05, 0.1) is 17.0 Å². The van der Waals surface area contributed by atoms with E-state index in [9.17, 15) is 9.59 Å². The van der Waals surface area contributed by atoms with Crippen LogP contribution in [0.1, 0.15) is 47.3 Å². The third-order valence-corrected chi connectivity index (χ3v) is 4.62. The van der Waals surface area contributed by atoms with Crippen molar-refractivity contribution >= 4 is 28.8 Å². The Labute approximate surface area is 134 Å². The summed E-state index contributed by atoms with van der Waals surface area (Å²) in [6, 6.07) is 1.79. The van der Waals surface area contributed by atoms with Gasteiger partial charge in [0.15, 0.2) is 5.78 Å². The Morgan fingerprint density at radius 3 is 2.59 bits per heavy atom. The number of amides is 1. The van der Waals surface area contributed by atoms with E-state index in [1.165, 1.54) is 18.3 Å². The summed E-state index contributed by atoms with van der Waals surface area (Å²) in [5.41, 5.74) is 2.98. The molecule has 5 nitrogen and oxygen atoms in total. The summed E-state index contributed by atoms with van der Waals surface area (Å²) in [5.74, 6) is 0.712. The Morgan fingerprint density at radius 2 is 2.05 bits per heavy atom. The zero-order chi connectivity index (χ0) is 16.3. The topological polar surface area (TPSA) is 64.0 Å². The lowest BCUT2D eigenvalue weighted by molar-refractivity contribution is -0.115. The van der Waals surface area contributed by atoms with Gasteiger partial charge in [-0.15, -0.1) is 11.3 Å². The number of thiophene rings is 1. The van der Waals surface area contributed by atoms with Crippen molar-refractivity contribution in [1.82, 2.24) is 9.78 Å². The van der Waals surface area contributed by atoms with Crippen LogP contribution < -0.4 is 5.32 Å². The minimum Gasteiger partial charge on any atom is -0.310 e. The summed E-state index contributed by atoms with van der Waals surface area (Å²) < 4.78 is 1.73. The molecule has 2 rings (SSSR count). The first-order chi connectivity index (χ1) is 10.5. The highest BCUT2D eigenvalue weighted by atomic mass is 32.1. The highest BCUT2D eigenvalue weighted by Crippen LogP contribution is 2.21. The Hall–Kier alpha value is -1.95. The van der Waals surface area contributed by atoms with Gasteiger partial charge in [0.1, 0.15) is 5.82 Å². The number of ketones is 1. The molecule has 0 radical (unpaired) electrons. The van der Waals surface area contributed by atoms with Crippen LogP contribution in [0.3, 0.4) is 0 Å². The molecule has 6 heteroatoms. The van der Waals surface area contributed by atoms with Crippen LogP contribution in [-0.2, 0) is 31.1 Å². The molecular weight excluding hydrogens is 298 g/mol. The van der Waals surface area contributed by atoms with E-state index in [1.807, 2.05) is 12.4 Å². The molecule has 2 aromatic rings. The maximum atomic E-state index is 12.2. The van der Waals surface area contributed by atoms with E-state index in [1.54, 1.807) is 10.7 Å². The Kier molecular flexibility index (Phi) is 5.13. The van der Waals surface area contributed by atoms with Gasteiger partial charge in [0.2, 0.25) is 5.91 Å². The number of hydrogen-bond donors (Lipinski definition) is 1. The van der Waals surface area contributed by atoms with E-state index in [0.717, 1.165) is 35.5 Å². The van der Waals surface area contributed by atoms with Gasteiger partial charge in [-0.1, -0.05) is 13.8 Å². The standard InChI is InChI=1S/C16H21N3O2S/c1-5-12-13(6-2)18-19(4)16(12)17-15(21)8-11-7-14(10(3)20)22-9-11/h7,9H,5-6,8H2,1-4H3,(H,17,21). The van der Waals surface area contributed by atoms with E-state index >= 15 is 0 Å². The first kappa shape index (κ1) is 16.4. The number of nitrogens with one attached hydrogen (secondary N) is 1. The number of aryl methyl sites for hydroxylation is 2. The minimum absolute atomic E-state index is 0.0316. The molecule has 118 valence electrons. The molecular formula is C16H21N3O2S. The Morgan fingerprint density at radius 1 is 1.32 bits per heavy atom. The summed E-state index contributed by atoms with van der Waals surface area (Å²) in [5, 5.41) is 9.26. The number of anilines is 1. The number of hydrogen-bond acceptors (Lipinski definition) is 4. The lowest BCUT2D eigenvalue weighted by Gasteiger charge is -2.07. The van der Waals surface area contributed by atoms with Crippen molar-refractivity contribution in [2.75, 3.05) is 5.32 Å². The monoisotopic (exact) mass is 319 g/mol. The number of rotatable bonds is 6. The van der Waals surface area contributed by atoms with Gasteiger partial charge in [0, 0.05) is 12.6 Å². The lowest BCUT2D eigenvalue weighted by atomic mass is 10.1. The van der Waals surface area contributed by atoms with Gasteiger partial charge < -0.3 is 5.32 Å². The zero-order valence-corrected chi connectivity index (χ0v) is 14.2. The van der Waals surface area contributed by atoms with Crippen LogP contribution in [0.4, 0.5) is 5.82 Å². The zero-order valence-electron chi connectivity index (χ0n) is 13.4. The van der Waals surface area contributed by atoms with Crippen molar-refractivity contribution < 1.29 is 9.59 Å². The van der Waals surface area contributed by atoms with E-state index < -0.39 is 0 Å². The Balaban J connectivity index is 2.11. The van der Waals surface area contributed by atoms with Gasteiger partial charge in [0.25, 0.3) is 0 Å². The molecule has 0 spiro atoms. The van der Waals surface area contributed by atoms with Gasteiger partial charge in [-0.2, -0.15) is 5.10 Å². The van der Waals surface area contributed by atoms with Crippen molar-refractivity contribution in [2.45, 2.75) is 40.0 Å². The van der Waals surface area contributed by atoms with Gasteiger partial charge >= 0.3 is 0 Å². The smallest absolute Gasteiger partial charge is 0.229 e. The lowest BCUT2D eigenvalue weighted by Crippen LogP contribution is -2.17. The van der Waals surface area contributed by atoms with Crippen molar-refractivity contribution in [3.05, 3.63) is 33.1 Å². The van der Waals surface area contributed by atoms with Crippen LogP contribution in [0.2, 0.25) is 0 Å². The SMILES string of the molecule is CCc1nn(C)c(NC(=O)Cc2csc(C(C)=O)c2)c1CC. The van der Waals surface area contributed by atoms with Crippen LogP contribution >= 0.6 is 11.3 Å². The van der Waals surface area contributed by atoms with E-state index in [2.05, 4.69) is 24.3 Å². The van der Waals surface area contributed by atoms with Crippen molar-refractivity contribution in [3.8, 4) is 0 Å². The second kappa shape index (κ2) is 6.87. The maximum Gasteiger partial charge on any atom is 0.229 e. The van der Waals surface area contributed by atoms with Crippen molar-refractivity contribution in [1.29, 1.82) is 0 Å². The molecule has 0 aromatic carbocycles.